The molecular formula is C8H8ClF3N2. The number of nitrogens with two attached hydrogens (primary N) is 2. The van der Waals surface area contributed by atoms with Crippen LogP contribution in [0.2, 0.25) is 5.02 Å². The van der Waals surface area contributed by atoms with Crippen LogP contribution in [-0.4, -0.2) is 0 Å². The molecule has 0 saturated carbocycles. The summed E-state index contributed by atoms with van der Waals surface area (Å²) < 4.78 is 37.0. The molecule has 0 unspecified atom stereocenters. The Kier molecular flexibility index (Phi) is 2.92. The van der Waals surface area contributed by atoms with E-state index in [0.717, 1.165) is 12.1 Å². The van der Waals surface area contributed by atoms with Crippen LogP contribution in [0.1, 0.15) is 11.1 Å². The van der Waals surface area contributed by atoms with Crippen molar-refractivity contribution in [1.29, 1.82) is 0 Å². The first kappa shape index (κ1) is 11.1. The first-order chi connectivity index (χ1) is 6.36. The molecule has 0 amide bonds. The predicted molar refractivity (Wildman–Crippen MR) is 48.8 cm³/mol. The van der Waals surface area contributed by atoms with Gasteiger partial charge in [0.1, 0.15) is 0 Å². The minimum Gasteiger partial charge on any atom is -0.398 e. The molecule has 4 N–H and O–H groups in total. The molecule has 0 radical (unpaired) electrons. The minimum atomic E-state index is -4.48. The molecule has 2 nitrogen and oxygen atoms in total. The first-order valence-electron chi connectivity index (χ1n) is 3.71. The summed E-state index contributed by atoms with van der Waals surface area (Å²) in [5.74, 6) is 0. The minimum absolute atomic E-state index is 0.0495. The summed E-state index contributed by atoms with van der Waals surface area (Å²) in [5.41, 5.74) is 10.1. The molecule has 0 bridgehead atoms. The van der Waals surface area contributed by atoms with Gasteiger partial charge in [0.2, 0.25) is 0 Å². The molecular weight excluding hydrogens is 217 g/mol. The second-order valence-corrected chi connectivity index (χ2v) is 3.14. The second kappa shape index (κ2) is 3.67. The van der Waals surface area contributed by atoms with Crippen LogP contribution in [0.3, 0.4) is 0 Å². The fraction of sp³-hybridized carbons (Fsp3) is 0.250. The molecule has 78 valence electrons. The van der Waals surface area contributed by atoms with Crippen molar-refractivity contribution < 1.29 is 13.2 Å². The zero-order chi connectivity index (χ0) is 10.9. The molecule has 6 heteroatoms. The molecule has 0 spiro atoms. The average Bonchev–Trinajstić information content (AvgIpc) is 2.02. The Hall–Kier alpha value is -0.940. The van der Waals surface area contributed by atoms with Gasteiger partial charge in [-0.1, -0.05) is 11.6 Å². The number of nitrogen functional groups attached to an aromatic ring is 1. The Labute approximate surface area is 83.6 Å². The lowest BCUT2D eigenvalue weighted by atomic mass is 10.1. The average molecular weight is 225 g/mol. The van der Waals surface area contributed by atoms with E-state index in [9.17, 15) is 13.2 Å². The summed E-state index contributed by atoms with van der Waals surface area (Å²) in [6, 6.07) is 1.93. The highest BCUT2D eigenvalue weighted by Gasteiger charge is 2.33. The Balaban J connectivity index is 3.32. The van der Waals surface area contributed by atoms with Gasteiger partial charge in [0.05, 0.1) is 10.6 Å². The highest BCUT2D eigenvalue weighted by atomic mass is 35.5. The topological polar surface area (TPSA) is 52.0 Å². The summed E-state index contributed by atoms with van der Waals surface area (Å²) >= 11 is 5.40. The van der Waals surface area contributed by atoms with Crippen LogP contribution >= 0.6 is 11.6 Å². The quantitative estimate of drug-likeness (QED) is 0.720. The van der Waals surface area contributed by atoms with Crippen LogP contribution in [-0.2, 0) is 12.7 Å². The highest BCUT2D eigenvalue weighted by molar-refractivity contribution is 6.31. The van der Waals surface area contributed by atoms with Gasteiger partial charge in [-0.2, -0.15) is 13.2 Å². The van der Waals surface area contributed by atoms with E-state index in [1.807, 2.05) is 0 Å². The third-order valence-electron chi connectivity index (χ3n) is 1.75. The largest absolute Gasteiger partial charge is 0.417 e. The summed E-state index contributed by atoms with van der Waals surface area (Å²) in [6.07, 6.45) is -4.48. The van der Waals surface area contributed by atoms with Crippen molar-refractivity contribution in [2.45, 2.75) is 12.7 Å². The second-order valence-electron chi connectivity index (χ2n) is 2.73. The van der Waals surface area contributed by atoms with Gasteiger partial charge in [0.25, 0.3) is 0 Å². The number of anilines is 1. The first-order valence-corrected chi connectivity index (χ1v) is 4.09. The monoisotopic (exact) mass is 224 g/mol. The molecule has 1 aromatic rings. The summed E-state index contributed by atoms with van der Waals surface area (Å²) in [4.78, 5) is 0. The molecule has 0 saturated heterocycles. The van der Waals surface area contributed by atoms with E-state index >= 15 is 0 Å². The third kappa shape index (κ3) is 2.10. The van der Waals surface area contributed by atoms with Gasteiger partial charge in [-0.15, -0.1) is 0 Å². The maximum Gasteiger partial charge on any atom is 0.417 e. The predicted octanol–water partition coefficient (Wildman–Crippen LogP) is 2.40. The molecule has 14 heavy (non-hydrogen) atoms. The van der Waals surface area contributed by atoms with Gasteiger partial charge >= 0.3 is 6.18 Å². The number of hydrogen-bond donors (Lipinski definition) is 2. The van der Waals surface area contributed by atoms with E-state index in [4.69, 9.17) is 23.1 Å². The lowest BCUT2D eigenvalue weighted by molar-refractivity contribution is -0.137. The summed E-state index contributed by atoms with van der Waals surface area (Å²) in [7, 11) is 0. The van der Waals surface area contributed by atoms with Gasteiger partial charge in [-0.25, -0.2) is 0 Å². The van der Waals surface area contributed by atoms with Gasteiger partial charge in [0, 0.05) is 12.2 Å². The number of alkyl halides is 3. The van der Waals surface area contributed by atoms with Crippen LogP contribution in [0, 0.1) is 0 Å². The summed E-state index contributed by atoms with van der Waals surface area (Å²) in [5, 5.41) is -0.410. The molecule has 1 aromatic carbocycles. The Morgan fingerprint density at radius 3 is 2.29 bits per heavy atom. The van der Waals surface area contributed by atoms with Crippen molar-refractivity contribution in [2.24, 2.45) is 5.73 Å². The maximum atomic E-state index is 12.3. The highest BCUT2D eigenvalue weighted by Crippen LogP contribution is 2.36. The third-order valence-corrected chi connectivity index (χ3v) is 2.07. The zero-order valence-electron chi connectivity index (χ0n) is 7.03. The number of halogens is 4. The van der Waals surface area contributed by atoms with Crippen LogP contribution in [0.25, 0.3) is 0 Å². The molecule has 0 aliphatic heterocycles. The number of rotatable bonds is 1. The van der Waals surface area contributed by atoms with E-state index in [1.165, 1.54) is 0 Å². The van der Waals surface area contributed by atoms with E-state index in [-0.39, 0.29) is 17.8 Å². The van der Waals surface area contributed by atoms with Gasteiger partial charge in [-0.05, 0) is 17.7 Å². The maximum absolute atomic E-state index is 12.3. The lowest BCUT2D eigenvalue weighted by Gasteiger charge is -2.12. The number of hydrogen-bond acceptors (Lipinski definition) is 2. The van der Waals surface area contributed by atoms with Crippen molar-refractivity contribution in [3.05, 3.63) is 28.3 Å². The van der Waals surface area contributed by atoms with Crippen molar-refractivity contribution in [2.75, 3.05) is 5.73 Å². The Morgan fingerprint density at radius 1 is 1.29 bits per heavy atom. The smallest absolute Gasteiger partial charge is 0.398 e. The van der Waals surface area contributed by atoms with Crippen molar-refractivity contribution in [1.82, 2.24) is 0 Å². The van der Waals surface area contributed by atoms with Crippen LogP contribution in [0.15, 0.2) is 12.1 Å². The molecule has 0 aromatic heterocycles. The van der Waals surface area contributed by atoms with E-state index in [2.05, 4.69) is 0 Å². The molecule has 0 atom stereocenters. The van der Waals surface area contributed by atoms with Crippen LogP contribution in [0.4, 0.5) is 18.9 Å². The van der Waals surface area contributed by atoms with E-state index in [0.29, 0.717) is 0 Å². The molecule has 0 heterocycles. The van der Waals surface area contributed by atoms with Gasteiger partial charge in [0.15, 0.2) is 0 Å². The molecule has 0 fully saturated rings. The molecule has 1 rings (SSSR count). The van der Waals surface area contributed by atoms with Crippen LogP contribution in [0.5, 0.6) is 0 Å². The summed E-state index contributed by atoms with van der Waals surface area (Å²) in [6.45, 7) is -0.0495. The van der Waals surface area contributed by atoms with Gasteiger partial charge < -0.3 is 11.5 Å². The lowest BCUT2D eigenvalue weighted by Crippen LogP contribution is -2.10. The Morgan fingerprint density at radius 2 is 1.86 bits per heavy atom. The van der Waals surface area contributed by atoms with Crippen LogP contribution < -0.4 is 11.5 Å². The van der Waals surface area contributed by atoms with Gasteiger partial charge in [-0.3, -0.25) is 0 Å². The van der Waals surface area contributed by atoms with E-state index < -0.39 is 16.8 Å². The molecule has 0 aliphatic carbocycles. The Bertz CT molecular complexity index is 349. The van der Waals surface area contributed by atoms with Crippen molar-refractivity contribution in [3.8, 4) is 0 Å². The standard InChI is InChI=1S/C8H8ClF3N2/c9-6-2-7(14)4(3-13)1-5(6)8(10,11)12/h1-2H,3,13-14H2. The van der Waals surface area contributed by atoms with Crippen molar-refractivity contribution >= 4 is 17.3 Å². The fourth-order valence-electron chi connectivity index (χ4n) is 1.03. The SMILES string of the molecule is NCc1cc(C(F)(F)F)c(Cl)cc1N. The van der Waals surface area contributed by atoms with Crippen molar-refractivity contribution in [3.63, 3.8) is 0 Å². The molecule has 0 aliphatic rings. The zero-order valence-corrected chi connectivity index (χ0v) is 7.78. The number of benzene rings is 1. The van der Waals surface area contributed by atoms with E-state index in [1.54, 1.807) is 0 Å². The fourth-order valence-corrected chi connectivity index (χ4v) is 1.31. The normalized spacial score (nSPS) is 11.8.